The van der Waals surface area contributed by atoms with Gasteiger partial charge in [-0.1, -0.05) is 42.5 Å². The molecule has 1 unspecified atom stereocenters. The quantitative estimate of drug-likeness (QED) is 0.353. The normalized spacial score (nSPS) is 16.5. The van der Waals surface area contributed by atoms with Crippen LogP contribution in [0.1, 0.15) is 46.0 Å². The topological polar surface area (TPSA) is 88.5 Å². The van der Waals surface area contributed by atoms with Gasteiger partial charge in [-0.3, -0.25) is 19.4 Å². The number of ether oxygens (including phenoxy) is 2. The molecule has 0 radical (unpaired) electrons. The van der Waals surface area contributed by atoms with Gasteiger partial charge in [-0.25, -0.2) is 4.90 Å². The summed E-state index contributed by atoms with van der Waals surface area (Å²) in [6.45, 7) is 2.62. The van der Waals surface area contributed by atoms with Crippen LogP contribution in [0, 0.1) is 0 Å². The highest BCUT2D eigenvalue weighted by Crippen LogP contribution is 2.37. The van der Waals surface area contributed by atoms with Gasteiger partial charge in [-0.05, 0) is 60.7 Å². The molecule has 0 aliphatic carbocycles. The zero-order valence-electron chi connectivity index (χ0n) is 22.9. The van der Waals surface area contributed by atoms with E-state index in [1.165, 1.54) is 5.56 Å². The SMILES string of the molecule is COc1ccc(N2C=C3CC(C(=O)N4C(=O)c5ccccc5C4=O)=NC=C3C2)cc1OC(C)CCc1ccccc1. The lowest BCUT2D eigenvalue weighted by Gasteiger charge is -2.21. The third-order valence-corrected chi connectivity index (χ3v) is 7.53. The zero-order chi connectivity index (χ0) is 28.5. The second-order valence-corrected chi connectivity index (χ2v) is 10.3. The summed E-state index contributed by atoms with van der Waals surface area (Å²) in [6.07, 6.45) is 5.60. The van der Waals surface area contributed by atoms with Gasteiger partial charge in [0.2, 0.25) is 0 Å². The van der Waals surface area contributed by atoms with Gasteiger partial charge in [0.25, 0.3) is 17.7 Å². The molecular formula is C33H29N3O5. The molecule has 0 saturated carbocycles. The van der Waals surface area contributed by atoms with Crippen molar-refractivity contribution in [3.05, 3.63) is 113 Å². The van der Waals surface area contributed by atoms with Crippen LogP contribution in [0.5, 0.6) is 11.5 Å². The Morgan fingerprint density at radius 1 is 0.927 bits per heavy atom. The third-order valence-electron chi connectivity index (χ3n) is 7.53. The molecule has 6 rings (SSSR count). The first-order chi connectivity index (χ1) is 19.9. The summed E-state index contributed by atoms with van der Waals surface area (Å²) >= 11 is 0. The van der Waals surface area contributed by atoms with Crippen LogP contribution in [0.25, 0.3) is 0 Å². The Bertz CT molecular complexity index is 1600. The van der Waals surface area contributed by atoms with E-state index in [2.05, 4.69) is 28.9 Å². The first kappa shape index (κ1) is 26.3. The average Bonchev–Trinajstić information content (AvgIpc) is 3.54. The van der Waals surface area contributed by atoms with Crippen LogP contribution in [-0.4, -0.2) is 48.1 Å². The Labute approximate surface area is 238 Å². The van der Waals surface area contributed by atoms with Gasteiger partial charge >= 0.3 is 0 Å². The van der Waals surface area contributed by atoms with E-state index in [4.69, 9.17) is 9.47 Å². The summed E-state index contributed by atoms with van der Waals surface area (Å²) < 4.78 is 11.9. The molecule has 0 spiro atoms. The number of aryl methyl sites for hydroxylation is 1. The van der Waals surface area contributed by atoms with Crippen LogP contribution < -0.4 is 14.4 Å². The van der Waals surface area contributed by atoms with E-state index >= 15 is 0 Å². The Hall–Kier alpha value is -4.98. The maximum atomic E-state index is 13.2. The maximum absolute atomic E-state index is 13.2. The number of methoxy groups -OCH3 is 1. The van der Waals surface area contributed by atoms with Gasteiger partial charge in [0.15, 0.2) is 11.5 Å². The van der Waals surface area contributed by atoms with Crippen LogP contribution in [0.15, 0.2) is 101 Å². The number of amides is 3. The average molecular weight is 548 g/mol. The van der Waals surface area contributed by atoms with E-state index in [9.17, 15) is 14.4 Å². The highest BCUT2D eigenvalue weighted by Gasteiger charge is 2.42. The lowest BCUT2D eigenvalue weighted by Crippen LogP contribution is -2.41. The number of anilines is 1. The first-order valence-electron chi connectivity index (χ1n) is 13.6. The van der Waals surface area contributed by atoms with E-state index in [0.717, 1.165) is 29.7 Å². The van der Waals surface area contributed by atoms with Gasteiger partial charge in [0.05, 0.1) is 24.3 Å². The monoisotopic (exact) mass is 547 g/mol. The molecule has 0 saturated heterocycles. The molecule has 0 fully saturated rings. The largest absolute Gasteiger partial charge is 0.493 e. The number of nitrogens with zero attached hydrogens (tertiary/aromatic N) is 3. The number of aliphatic imine (C=N–C) groups is 1. The number of hydrogen-bond donors (Lipinski definition) is 0. The number of hydrogen-bond acceptors (Lipinski definition) is 7. The molecule has 1 atom stereocenters. The highest BCUT2D eigenvalue weighted by atomic mass is 16.5. The van der Waals surface area contributed by atoms with Gasteiger partial charge in [-0.15, -0.1) is 0 Å². The number of imide groups is 3. The smallest absolute Gasteiger partial charge is 0.282 e. The van der Waals surface area contributed by atoms with Gasteiger partial charge in [-0.2, -0.15) is 0 Å². The molecule has 3 heterocycles. The van der Waals surface area contributed by atoms with Crippen molar-refractivity contribution in [3.63, 3.8) is 0 Å². The number of benzene rings is 3. The van der Waals surface area contributed by atoms with E-state index < -0.39 is 17.7 Å². The second kappa shape index (κ2) is 10.9. The molecule has 41 heavy (non-hydrogen) atoms. The minimum atomic E-state index is -0.685. The van der Waals surface area contributed by atoms with Crippen molar-refractivity contribution in [2.75, 3.05) is 18.6 Å². The van der Waals surface area contributed by atoms with E-state index in [-0.39, 0.29) is 29.4 Å². The molecular weight excluding hydrogens is 518 g/mol. The fourth-order valence-electron chi connectivity index (χ4n) is 5.29. The summed E-state index contributed by atoms with van der Waals surface area (Å²) in [5, 5.41) is 0. The van der Waals surface area contributed by atoms with E-state index in [0.29, 0.717) is 22.9 Å². The fraction of sp³-hybridized carbons (Fsp3) is 0.212. The fourth-order valence-corrected chi connectivity index (χ4v) is 5.29. The lowest BCUT2D eigenvalue weighted by molar-refractivity contribution is -0.119. The molecule has 206 valence electrons. The summed E-state index contributed by atoms with van der Waals surface area (Å²) in [4.78, 5) is 46.0. The Kier molecular flexibility index (Phi) is 6.97. The molecule has 0 bridgehead atoms. The minimum absolute atomic E-state index is 0.0225. The van der Waals surface area contributed by atoms with Gasteiger partial charge in [0.1, 0.15) is 5.71 Å². The van der Waals surface area contributed by atoms with Crippen LogP contribution in [0.2, 0.25) is 0 Å². The number of rotatable bonds is 8. The third kappa shape index (κ3) is 5.04. The standard InChI is InChI=1S/C33H29N3O5/c1-21(12-13-22-8-4-3-5-9-22)41-30-17-25(14-15-29(30)40-2)35-19-23-16-28(34-18-24(23)20-35)33(39)36-31(37)26-10-6-7-11-27(26)32(36)38/h3-11,14-15,17-19,21H,12-13,16,20H2,1-2H3. The second-order valence-electron chi connectivity index (χ2n) is 10.3. The molecule has 3 aromatic carbocycles. The molecule has 3 aromatic rings. The van der Waals surface area contributed by atoms with Crippen molar-refractivity contribution in [2.24, 2.45) is 4.99 Å². The van der Waals surface area contributed by atoms with Crippen molar-refractivity contribution in [1.82, 2.24) is 4.90 Å². The van der Waals surface area contributed by atoms with Crippen molar-refractivity contribution < 1.29 is 23.9 Å². The van der Waals surface area contributed by atoms with Crippen LogP contribution in [-0.2, 0) is 11.2 Å². The Morgan fingerprint density at radius 2 is 1.63 bits per heavy atom. The molecule has 3 aliphatic heterocycles. The van der Waals surface area contributed by atoms with Crippen molar-refractivity contribution in [2.45, 2.75) is 32.3 Å². The van der Waals surface area contributed by atoms with E-state index in [1.54, 1.807) is 37.6 Å². The summed E-state index contributed by atoms with van der Waals surface area (Å²) in [5.74, 6) is -0.597. The summed E-state index contributed by atoms with van der Waals surface area (Å²) in [6, 6.07) is 22.6. The first-order valence-corrected chi connectivity index (χ1v) is 13.6. The molecule has 8 heteroatoms. The van der Waals surface area contributed by atoms with Gasteiger partial charge < -0.3 is 14.4 Å². The van der Waals surface area contributed by atoms with E-state index in [1.807, 2.05) is 42.6 Å². The number of fused-ring (bicyclic) bond motifs is 2. The van der Waals surface area contributed by atoms with Crippen LogP contribution in [0.4, 0.5) is 5.69 Å². The molecule has 8 nitrogen and oxygen atoms in total. The maximum Gasteiger partial charge on any atom is 0.282 e. The Morgan fingerprint density at radius 3 is 2.34 bits per heavy atom. The van der Waals surface area contributed by atoms with Crippen molar-refractivity contribution in [1.29, 1.82) is 0 Å². The molecule has 0 aromatic heterocycles. The minimum Gasteiger partial charge on any atom is -0.493 e. The van der Waals surface area contributed by atoms with Crippen LogP contribution >= 0.6 is 0 Å². The summed E-state index contributed by atoms with van der Waals surface area (Å²) in [5.41, 5.74) is 4.68. The van der Waals surface area contributed by atoms with Gasteiger partial charge in [0, 0.05) is 37.1 Å². The molecule has 3 aliphatic rings. The molecule has 0 N–H and O–H groups in total. The number of carbonyl (C=O) groups is 3. The van der Waals surface area contributed by atoms with Crippen molar-refractivity contribution >= 4 is 29.1 Å². The predicted octanol–water partition coefficient (Wildman–Crippen LogP) is 5.35. The van der Waals surface area contributed by atoms with Crippen LogP contribution in [0.3, 0.4) is 0 Å². The predicted molar refractivity (Wildman–Crippen MR) is 155 cm³/mol. The van der Waals surface area contributed by atoms with Crippen molar-refractivity contribution in [3.8, 4) is 11.5 Å². The molecule has 3 amide bonds. The highest BCUT2D eigenvalue weighted by molar-refractivity contribution is 6.48. The lowest BCUT2D eigenvalue weighted by atomic mass is 10.0. The Balaban J connectivity index is 1.15. The number of carbonyl (C=O) groups excluding carboxylic acids is 3. The summed E-state index contributed by atoms with van der Waals surface area (Å²) in [7, 11) is 1.62. The zero-order valence-corrected chi connectivity index (χ0v) is 22.9.